The smallest absolute Gasteiger partial charge is 0.313 e. The topological polar surface area (TPSA) is 26.3 Å². The number of ether oxygens (including phenoxy) is 1. The minimum absolute atomic E-state index is 0.184. The second kappa shape index (κ2) is 7.22. The van der Waals surface area contributed by atoms with E-state index in [0.717, 1.165) is 25.7 Å². The van der Waals surface area contributed by atoms with Crippen molar-refractivity contribution in [1.29, 1.82) is 0 Å². The summed E-state index contributed by atoms with van der Waals surface area (Å²) >= 11 is 4.74. The van der Waals surface area contributed by atoms with Crippen LogP contribution in [0.5, 0.6) is 0 Å². The molecule has 0 aromatic carbocycles. The standard InChI is InChI=1S/C9H16O2S/c1-3-4-5-6-8(7-12)9(10)11-2/h7-8H,3-6H2,1-2H3. The van der Waals surface area contributed by atoms with E-state index in [1.807, 2.05) is 0 Å². The third kappa shape index (κ3) is 4.44. The molecule has 0 aliphatic heterocycles. The molecule has 0 rings (SSSR count). The third-order valence-corrected chi connectivity index (χ3v) is 2.12. The highest BCUT2D eigenvalue weighted by molar-refractivity contribution is 7.79. The predicted molar refractivity (Wildman–Crippen MR) is 53.3 cm³/mol. The maximum Gasteiger partial charge on any atom is 0.313 e. The van der Waals surface area contributed by atoms with Crippen LogP contribution >= 0.6 is 12.2 Å². The SMILES string of the molecule is CCCCCC(C=S)C(=O)OC. The van der Waals surface area contributed by atoms with Crippen LogP contribution in [0.4, 0.5) is 0 Å². The van der Waals surface area contributed by atoms with Gasteiger partial charge >= 0.3 is 5.97 Å². The number of methoxy groups -OCH3 is 1. The summed E-state index contributed by atoms with van der Waals surface area (Å²) in [4.78, 5) is 11.0. The number of carbonyl (C=O) groups excluding carboxylic acids is 1. The Morgan fingerprint density at radius 3 is 2.67 bits per heavy atom. The van der Waals surface area contributed by atoms with Crippen LogP contribution in [-0.4, -0.2) is 18.4 Å². The Hall–Kier alpha value is -0.440. The summed E-state index contributed by atoms with van der Waals surface area (Å²) < 4.78 is 4.60. The van der Waals surface area contributed by atoms with Crippen molar-refractivity contribution in [3.05, 3.63) is 0 Å². The fourth-order valence-corrected chi connectivity index (χ4v) is 1.25. The van der Waals surface area contributed by atoms with Gasteiger partial charge in [0.05, 0.1) is 13.0 Å². The van der Waals surface area contributed by atoms with Crippen LogP contribution < -0.4 is 0 Å². The van der Waals surface area contributed by atoms with Crippen LogP contribution in [0.15, 0.2) is 0 Å². The molecule has 3 heteroatoms. The number of rotatable bonds is 6. The predicted octanol–water partition coefficient (Wildman–Crippen LogP) is 2.36. The Balaban J connectivity index is 3.67. The second-order valence-electron chi connectivity index (χ2n) is 2.76. The number of hydrogen-bond donors (Lipinski definition) is 0. The molecule has 0 aromatic heterocycles. The molecule has 0 bridgehead atoms. The molecule has 70 valence electrons. The molecule has 1 atom stereocenters. The maximum atomic E-state index is 11.0. The van der Waals surface area contributed by atoms with E-state index in [2.05, 4.69) is 11.7 Å². The van der Waals surface area contributed by atoms with Gasteiger partial charge in [-0.25, -0.2) is 0 Å². The van der Waals surface area contributed by atoms with E-state index in [4.69, 9.17) is 12.2 Å². The van der Waals surface area contributed by atoms with Crippen molar-refractivity contribution >= 4 is 23.6 Å². The normalized spacial score (nSPS) is 12.2. The highest BCUT2D eigenvalue weighted by atomic mass is 32.1. The van der Waals surface area contributed by atoms with Crippen LogP contribution in [0, 0.1) is 5.92 Å². The molecule has 0 fully saturated rings. The first-order valence-corrected chi connectivity index (χ1v) is 4.76. The van der Waals surface area contributed by atoms with E-state index >= 15 is 0 Å². The van der Waals surface area contributed by atoms with E-state index in [1.165, 1.54) is 12.5 Å². The lowest BCUT2D eigenvalue weighted by Crippen LogP contribution is -2.16. The summed E-state index contributed by atoms with van der Waals surface area (Å²) in [5.74, 6) is -0.391. The highest BCUT2D eigenvalue weighted by Crippen LogP contribution is 2.09. The summed E-state index contributed by atoms with van der Waals surface area (Å²) in [7, 11) is 1.40. The lowest BCUT2D eigenvalue weighted by Gasteiger charge is -2.07. The summed E-state index contributed by atoms with van der Waals surface area (Å²) in [6, 6.07) is 0. The van der Waals surface area contributed by atoms with Crippen LogP contribution in [0.1, 0.15) is 32.6 Å². The van der Waals surface area contributed by atoms with E-state index < -0.39 is 0 Å². The number of esters is 1. The van der Waals surface area contributed by atoms with Crippen molar-refractivity contribution in [3.63, 3.8) is 0 Å². The first kappa shape index (κ1) is 11.6. The van der Waals surface area contributed by atoms with Gasteiger partial charge in [0.1, 0.15) is 0 Å². The van der Waals surface area contributed by atoms with Crippen molar-refractivity contribution in [1.82, 2.24) is 0 Å². The number of hydrogen-bond acceptors (Lipinski definition) is 3. The Morgan fingerprint density at radius 2 is 2.25 bits per heavy atom. The van der Waals surface area contributed by atoms with Gasteiger partial charge in [-0.3, -0.25) is 4.79 Å². The van der Waals surface area contributed by atoms with Crippen molar-refractivity contribution in [3.8, 4) is 0 Å². The number of carbonyl (C=O) groups is 1. The third-order valence-electron chi connectivity index (χ3n) is 1.79. The Bertz CT molecular complexity index is 145. The van der Waals surface area contributed by atoms with Crippen molar-refractivity contribution < 1.29 is 9.53 Å². The summed E-state index contributed by atoms with van der Waals surface area (Å²) in [5, 5.41) is 1.50. The Morgan fingerprint density at radius 1 is 1.58 bits per heavy atom. The van der Waals surface area contributed by atoms with E-state index in [1.54, 1.807) is 0 Å². The molecule has 0 saturated heterocycles. The lowest BCUT2D eigenvalue weighted by molar-refractivity contribution is -0.143. The monoisotopic (exact) mass is 188 g/mol. The fourth-order valence-electron chi connectivity index (χ4n) is 1.01. The molecular formula is C9H16O2S. The van der Waals surface area contributed by atoms with Crippen molar-refractivity contribution in [2.75, 3.05) is 7.11 Å². The van der Waals surface area contributed by atoms with Gasteiger partial charge in [0.2, 0.25) is 0 Å². The molecule has 1 unspecified atom stereocenters. The van der Waals surface area contributed by atoms with Crippen molar-refractivity contribution in [2.24, 2.45) is 5.92 Å². The van der Waals surface area contributed by atoms with Gasteiger partial charge in [0, 0.05) is 0 Å². The molecule has 2 nitrogen and oxygen atoms in total. The zero-order chi connectivity index (χ0) is 9.40. The van der Waals surface area contributed by atoms with Gasteiger partial charge in [0.15, 0.2) is 0 Å². The minimum atomic E-state index is -0.207. The summed E-state index contributed by atoms with van der Waals surface area (Å²) in [6.07, 6.45) is 4.18. The van der Waals surface area contributed by atoms with Crippen LogP contribution in [-0.2, 0) is 9.53 Å². The van der Waals surface area contributed by atoms with Gasteiger partial charge in [-0.2, -0.15) is 0 Å². The minimum Gasteiger partial charge on any atom is -0.469 e. The molecule has 12 heavy (non-hydrogen) atoms. The van der Waals surface area contributed by atoms with Crippen LogP contribution in [0.2, 0.25) is 0 Å². The Labute approximate surface area is 79.3 Å². The maximum absolute atomic E-state index is 11.0. The zero-order valence-corrected chi connectivity index (χ0v) is 8.52. The molecule has 0 radical (unpaired) electrons. The molecule has 0 spiro atoms. The first-order chi connectivity index (χ1) is 5.76. The number of unbranched alkanes of at least 4 members (excludes halogenated alkanes) is 2. The second-order valence-corrected chi connectivity index (χ2v) is 3.03. The molecule has 0 heterocycles. The number of thiocarbonyl (C=S) groups is 1. The summed E-state index contributed by atoms with van der Waals surface area (Å²) in [5.41, 5.74) is 0. The molecule has 0 saturated carbocycles. The molecule has 0 aliphatic rings. The summed E-state index contributed by atoms with van der Waals surface area (Å²) in [6.45, 7) is 2.13. The lowest BCUT2D eigenvalue weighted by atomic mass is 10.0. The van der Waals surface area contributed by atoms with Crippen molar-refractivity contribution in [2.45, 2.75) is 32.6 Å². The van der Waals surface area contributed by atoms with Gasteiger partial charge in [-0.05, 0) is 11.8 Å². The van der Waals surface area contributed by atoms with E-state index in [-0.39, 0.29) is 11.9 Å². The molecule has 0 aromatic rings. The average molecular weight is 188 g/mol. The van der Waals surface area contributed by atoms with Crippen LogP contribution in [0.25, 0.3) is 0 Å². The van der Waals surface area contributed by atoms with E-state index in [9.17, 15) is 4.79 Å². The highest BCUT2D eigenvalue weighted by Gasteiger charge is 2.14. The molecule has 0 aliphatic carbocycles. The van der Waals surface area contributed by atoms with Gasteiger partial charge in [-0.15, -0.1) is 0 Å². The average Bonchev–Trinajstić information content (AvgIpc) is 2.11. The van der Waals surface area contributed by atoms with Gasteiger partial charge in [0.25, 0.3) is 0 Å². The van der Waals surface area contributed by atoms with Gasteiger partial charge < -0.3 is 4.74 Å². The molecular weight excluding hydrogens is 172 g/mol. The quantitative estimate of drug-likeness (QED) is 0.363. The fraction of sp³-hybridized carbons (Fsp3) is 0.778. The molecule has 0 amide bonds. The zero-order valence-electron chi connectivity index (χ0n) is 7.71. The largest absolute Gasteiger partial charge is 0.469 e. The molecule has 0 N–H and O–H groups in total. The first-order valence-electron chi connectivity index (χ1n) is 4.29. The van der Waals surface area contributed by atoms with E-state index in [0.29, 0.717) is 0 Å². The van der Waals surface area contributed by atoms with Crippen LogP contribution in [0.3, 0.4) is 0 Å². The van der Waals surface area contributed by atoms with Gasteiger partial charge in [-0.1, -0.05) is 38.4 Å². The Kier molecular flexibility index (Phi) is 6.96.